The van der Waals surface area contributed by atoms with Gasteiger partial charge in [0.15, 0.2) is 5.13 Å². The van der Waals surface area contributed by atoms with Gasteiger partial charge in [-0.2, -0.15) is 0 Å². The van der Waals surface area contributed by atoms with E-state index in [0.29, 0.717) is 34.8 Å². The van der Waals surface area contributed by atoms with E-state index in [9.17, 15) is 14.4 Å². The molecule has 0 unspecified atom stereocenters. The number of imide groups is 1. The van der Waals surface area contributed by atoms with Gasteiger partial charge in [0.2, 0.25) is 5.91 Å². The molecule has 3 amide bonds. The van der Waals surface area contributed by atoms with Crippen molar-refractivity contribution >= 4 is 50.1 Å². The summed E-state index contributed by atoms with van der Waals surface area (Å²) in [5.74, 6) is -0.903. The molecule has 30 heavy (non-hydrogen) atoms. The highest BCUT2D eigenvalue weighted by Crippen LogP contribution is 2.28. The van der Waals surface area contributed by atoms with Gasteiger partial charge in [-0.25, -0.2) is 4.98 Å². The number of aromatic nitrogens is 1. The average molecular weight is 484 g/mol. The molecular formula is C22H18BrN3O3S. The van der Waals surface area contributed by atoms with Gasteiger partial charge in [-0.15, -0.1) is 11.3 Å². The summed E-state index contributed by atoms with van der Waals surface area (Å²) >= 11 is 4.74. The van der Waals surface area contributed by atoms with Crippen molar-refractivity contribution in [3.63, 3.8) is 0 Å². The number of nitrogens with one attached hydrogen (secondary N) is 1. The number of halogens is 1. The fourth-order valence-corrected chi connectivity index (χ4v) is 4.40. The Morgan fingerprint density at radius 3 is 2.63 bits per heavy atom. The molecule has 8 heteroatoms. The van der Waals surface area contributed by atoms with Crippen LogP contribution < -0.4 is 5.32 Å². The van der Waals surface area contributed by atoms with E-state index in [1.165, 1.54) is 16.2 Å². The number of carbonyl (C=O) groups is 3. The molecule has 0 atom stereocenters. The molecule has 0 bridgehead atoms. The van der Waals surface area contributed by atoms with Gasteiger partial charge in [-0.05, 0) is 30.2 Å². The number of carbonyl (C=O) groups excluding carboxylic acids is 3. The SMILES string of the molecule is CCCN1C(=O)c2cccc(CC(=O)Nc3nc(-c4ccc(Br)cc4)cs3)c2C1=O. The van der Waals surface area contributed by atoms with Crippen LogP contribution in [0.2, 0.25) is 0 Å². The normalized spacial score (nSPS) is 12.9. The Morgan fingerprint density at radius 2 is 1.90 bits per heavy atom. The number of nitrogens with zero attached hydrogens (tertiary/aromatic N) is 2. The van der Waals surface area contributed by atoms with E-state index in [1.807, 2.05) is 36.6 Å². The molecule has 0 fully saturated rings. The Bertz CT molecular complexity index is 1140. The zero-order chi connectivity index (χ0) is 21.3. The molecule has 0 saturated carbocycles. The van der Waals surface area contributed by atoms with Gasteiger partial charge in [-0.1, -0.05) is 47.1 Å². The van der Waals surface area contributed by atoms with E-state index in [4.69, 9.17) is 0 Å². The second kappa shape index (κ2) is 8.49. The molecule has 1 aromatic heterocycles. The Morgan fingerprint density at radius 1 is 1.13 bits per heavy atom. The first-order valence-electron chi connectivity index (χ1n) is 9.47. The summed E-state index contributed by atoms with van der Waals surface area (Å²) < 4.78 is 0.982. The van der Waals surface area contributed by atoms with Crippen LogP contribution in [0, 0.1) is 0 Å². The number of amides is 3. The first-order chi connectivity index (χ1) is 14.5. The molecule has 3 aromatic rings. The van der Waals surface area contributed by atoms with Crippen LogP contribution >= 0.6 is 27.3 Å². The maximum atomic E-state index is 12.7. The molecule has 1 aliphatic heterocycles. The molecule has 0 spiro atoms. The second-order valence-electron chi connectivity index (χ2n) is 6.87. The quantitative estimate of drug-likeness (QED) is 0.512. The van der Waals surface area contributed by atoms with Crippen LogP contribution in [0.3, 0.4) is 0 Å². The standard InChI is InChI=1S/C22H18BrN3O3S/c1-2-10-26-20(28)16-5-3-4-14(19(16)21(26)29)11-18(27)25-22-24-17(12-30-22)13-6-8-15(23)9-7-13/h3-9,12H,2,10-11H2,1H3,(H,24,25,27). The van der Waals surface area contributed by atoms with Crippen LogP contribution in [-0.4, -0.2) is 34.2 Å². The zero-order valence-electron chi connectivity index (χ0n) is 16.1. The van der Waals surface area contributed by atoms with Gasteiger partial charge < -0.3 is 5.32 Å². The molecule has 0 radical (unpaired) electrons. The lowest BCUT2D eigenvalue weighted by Crippen LogP contribution is -2.30. The van der Waals surface area contributed by atoms with Crippen LogP contribution in [0.1, 0.15) is 39.6 Å². The third kappa shape index (κ3) is 3.93. The smallest absolute Gasteiger partial charge is 0.261 e. The molecular weight excluding hydrogens is 466 g/mol. The Labute approximate surface area is 186 Å². The van der Waals surface area contributed by atoms with E-state index in [2.05, 4.69) is 26.2 Å². The molecule has 6 nitrogen and oxygen atoms in total. The first-order valence-corrected chi connectivity index (χ1v) is 11.1. The number of hydrogen-bond acceptors (Lipinski definition) is 5. The summed E-state index contributed by atoms with van der Waals surface area (Å²) in [6.07, 6.45) is 0.682. The summed E-state index contributed by atoms with van der Waals surface area (Å²) in [6.45, 7) is 2.28. The van der Waals surface area contributed by atoms with Crippen molar-refractivity contribution < 1.29 is 14.4 Å². The molecule has 1 aliphatic rings. The molecule has 2 heterocycles. The minimum Gasteiger partial charge on any atom is -0.302 e. The van der Waals surface area contributed by atoms with E-state index in [0.717, 1.165) is 15.7 Å². The monoisotopic (exact) mass is 483 g/mol. The lowest BCUT2D eigenvalue weighted by Gasteiger charge is -2.11. The number of thiazole rings is 1. The molecule has 0 aliphatic carbocycles. The first kappa shape index (κ1) is 20.4. The largest absolute Gasteiger partial charge is 0.302 e. The fourth-order valence-electron chi connectivity index (χ4n) is 3.40. The molecule has 152 valence electrons. The van der Waals surface area contributed by atoms with Gasteiger partial charge in [0.05, 0.1) is 23.2 Å². The summed E-state index contributed by atoms with van der Waals surface area (Å²) in [5.41, 5.74) is 2.98. The average Bonchev–Trinajstić information content (AvgIpc) is 3.28. The summed E-state index contributed by atoms with van der Waals surface area (Å²) in [6, 6.07) is 12.8. The van der Waals surface area contributed by atoms with Crippen LogP contribution in [0.25, 0.3) is 11.3 Å². The van der Waals surface area contributed by atoms with Crippen molar-refractivity contribution in [2.24, 2.45) is 0 Å². The fraction of sp³-hybridized carbons (Fsp3) is 0.182. The van der Waals surface area contributed by atoms with Gasteiger partial charge in [0, 0.05) is 22.0 Å². The van der Waals surface area contributed by atoms with Crippen LogP contribution in [-0.2, 0) is 11.2 Å². The maximum absolute atomic E-state index is 12.7. The minimum absolute atomic E-state index is 0.00461. The van der Waals surface area contributed by atoms with Crippen molar-refractivity contribution in [1.29, 1.82) is 0 Å². The number of fused-ring (bicyclic) bond motifs is 1. The van der Waals surface area contributed by atoms with Crippen molar-refractivity contribution in [2.75, 3.05) is 11.9 Å². The highest BCUT2D eigenvalue weighted by atomic mass is 79.9. The topological polar surface area (TPSA) is 79.4 Å². The van der Waals surface area contributed by atoms with Crippen molar-refractivity contribution in [3.05, 3.63) is 69.0 Å². The van der Waals surface area contributed by atoms with Crippen LogP contribution in [0.4, 0.5) is 5.13 Å². The van der Waals surface area contributed by atoms with E-state index in [-0.39, 0.29) is 24.1 Å². The highest BCUT2D eigenvalue weighted by Gasteiger charge is 2.36. The Kier molecular flexibility index (Phi) is 5.78. The Hall–Kier alpha value is -2.84. The lowest BCUT2D eigenvalue weighted by molar-refractivity contribution is -0.115. The van der Waals surface area contributed by atoms with Crippen LogP contribution in [0.15, 0.2) is 52.3 Å². The molecule has 0 saturated heterocycles. The van der Waals surface area contributed by atoms with Crippen molar-refractivity contribution in [1.82, 2.24) is 9.88 Å². The highest BCUT2D eigenvalue weighted by molar-refractivity contribution is 9.10. The van der Waals surface area contributed by atoms with Gasteiger partial charge in [-0.3, -0.25) is 19.3 Å². The minimum atomic E-state index is -0.327. The summed E-state index contributed by atoms with van der Waals surface area (Å²) in [5, 5.41) is 5.16. The Balaban J connectivity index is 1.49. The van der Waals surface area contributed by atoms with E-state index < -0.39 is 0 Å². The molecule has 4 rings (SSSR count). The van der Waals surface area contributed by atoms with Gasteiger partial charge >= 0.3 is 0 Å². The maximum Gasteiger partial charge on any atom is 0.261 e. The zero-order valence-corrected chi connectivity index (χ0v) is 18.5. The molecule has 1 N–H and O–H groups in total. The van der Waals surface area contributed by atoms with E-state index in [1.54, 1.807) is 18.2 Å². The van der Waals surface area contributed by atoms with Gasteiger partial charge in [0.25, 0.3) is 11.8 Å². The van der Waals surface area contributed by atoms with E-state index >= 15 is 0 Å². The lowest BCUT2D eigenvalue weighted by atomic mass is 10.00. The summed E-state index contributed by atoms with van der Waals surface area (Å²) in [4.78, 5) is 43.5. The van der Waals surface area contributed by atoms with Gasteiger partial charge in [0.1, 0.15) is 0 Å². The third-order valence-electron chi connectivity index (χ3n) is 4.77. The van der Waals surface area contributed by atoms with Crippen molar-refractivity contribution in [3.8, 4) is 11.3 Å². The number of hydrogen-bond donors (Lipinski definition) is 1. The number of rotatable bonds is 6. The van der Waals surface area contributed by atoms with Crippen molar-refractivity contribution in [2.45, 2.75) is 19.8 Å². The number of anilines is 1. The molecule has 2 aromatic carbocycles. The second-order valence-corrected chi connectivity index (χ2v) is 8.65. The predicted molar refractivity (Wildman–Crippen MR) is 120 cm³/mol. The third-order valence-corrected chi connectivity index (χ3v) is 6.06. The van der Waals surface area contributed by atoms with Crippen LogP contribution in [0.5, 0.6) is 0 Å². The summed E-state index contributed by atoms with van der Waals surface area (Å²) in [7, 11) is 0. The number of benzene rings is 2. The predicted octanol–water partition coefficient (Wildman–Crippen LogP) is 4.76.